The van der Waals surface area contributed by atoms with Crippen molar-refractivity contribution in [3.63, 3.8) is 0 Å². The lowest BCUT2D eigenvalue weighted by atomic mass is 9.89. The molecule has 1 fully saturated rings. The second-order valence-corrected chi connectivity index (χ2v) is 5.07. The molecule has 0 amide bonds. The highest BCUT2D eigenvalue weighted by Gasteiger charge is 2.20. The smallest absolute Gasteiger partial charge is 0.240 e. The largest absolute Gasteiger partial charge is 0.338 e. The van der Waals surface area contributed by atoms with Crippen LogP contribution in [0, 0.1) is 0 Å². The van der Waals surface area contributed by atoms with Crippen LogP contribution in [-0.4, -0.2) is 16.2 Å². The second kappa shape index (κ2) is 6.15. The highest BCUT2D eigenvalue weighted by Crippen LogP contribution is 2.30. The van der Waals surface area contributed by atoms with Gasteiger partial charge in [-0.25, -0.2) is 0 Å². The molecule has 1 N–H and O–H groups in total. The van der Waals surface area contributed by atoms with Crippen molar-refractivity contribution in [1.29, 1.82) is 0 Å². The number of rotatable bonds is 5. The van der Waals surface area contributed by atoms with Crippen molar-refractivity contribution >= 4 is 0 Å². The lowest BCUT2D eigenvalue weighted by Crippen LogP contribution is -2.24. The Labute approximate surface area is 103 Å². The molecular weight excluding hydrogens is 214 g/mol. The van der Waals surface area contributed by atoms with Crippen molar-refractivity contribution in [2.75, 3.05) is 0 Å². The number of nitrogens with zero attached hydrogens (tertiary/aromatic N) is 2. The van der Waals surface area contributed by atoms with Gasteiger partial charge >= 0.3 is 0 Å². The molecule has 1 unspecified atom stereocenters. The Hall–Kier alpha value is -0.900. The number of nitrogens with one attached hydrogen (secondary N) is 1. The zero-order valence-corrected chi connectivity index (χ0v) is 10.9. The zero-order valence-electron chi connectivity index (χ0n) is 10.9. The van der Waals surface area contributed by atoms with Crippen molar-refractivity contribution in [2.24, 2.45) is 0 Å². The standard InChI is InChI=1S/C13H23N3O/c1-3-10(2)14-9-12-15-13(16-17-12)11-7-5-4-6-8-11/h10-11,14H,3-9H2,1-2H3. The van der Waals surface area contributed by atoms with Crippen molar-refractivity contribution in [3.05, 3.63) is 11.7 Å². The van der Waals surface area contributed by atoms with Crippen LogP contribution in [0.2, 0.25) is 0 Å². The van der Waals surface area contributed by atoms with Crippen LogP contribution < -0.4 is 5.32 Å². The van der Waals surface area contributed by atoms with E-state index < -0.39 is 0 Å². The van der Waals surface area contributed by atoms with Crippen molar-refractivity contribution in [3.8, 4) is 0 Å². The molecular formula is C13H23N3O. The minimum absolute atomic E-state index is 0.500. The molecule has 0 saturated heterocycles. The molecule has 1 aliphatic carbocycles. The van der Waals surface area contributed by atoms with Gasteiger partial charge in [-0.3, -0.25) is 0 Å². The molecule has 1 atom stereocenters. The number of hydrogen-bond acceptors (Lipinski definition) is 4. The molecule has 0 radical (unpaired) electrons. The molecule has 1 aromatic heterocycles. The molecule has 0 aliphatic heterocycles. The van der Waals surface area contributed by atoms with Crippen molar-refractivity contribution < 1.29 is 4.52 Å². The van der Waals surface area contributed by atoms with Gasteiger partial charge in [0, 0.05) is 12.0 Å². The van der Waals surface area contributed by atoms with Gasteiger partial charge in [-0.2, -0.15) is 4.98 Å². The van der Waals surface area contributed by atoms with Gasteiger partial charge in [-0.1, -0.05) is 31.3 Å². The minimum Gasteiger partial charge on any atom is -0.338 e. The van der Waals surface area contributed by atoms with E-state index in [1.807, 2.05) is 0 Å². The maximum absolute atomic E-state index is 5.29. The van der Waals surface area contributed by atoms with E-state index in [0.29, 0.717) is 18.5 Å². The van der Waals surface area contributed by atoms with Gasteiger partial charge in [0.15, 0.2) is 5.82 Å². The maximum Gasteiger partial charge on any atom is 0.240 e. The van der Waals surface area contributed by atoms with Gasteiger partial charge in [-0.15, -0.1) is 0 Å². The first-order chi connectivity index (χ1) is 8.29. The fourth-order valence-corrected chi connectivity index (χ4v) is 2.27. The summed E-state index contributed by atoms with van der Waals surface area (Å²) in [6.07, 6.45) is 7.52. The van der Waals surface area contributed by atoms with Crippen LogP contribution in [0.5, 0.6) is 0 Å². The van der Waals surface area contributed by atoms with Gasteiger partial charge in [0.2, 0.25) is 5.89 Å². The van der Waals surface area contributed by atoms with Gasteiger partial charge in [0.05, 0.1) is 6.54 Å². The Kier molecular flexibility index (Phi) is 4.54. The van der Waals surface area contributed by atoms with Crippen molar-refractivity contribution in [2.45, 2.75) is 70.9 Å². The van der Waals surface area contributed by atoms with Crippen LogP contribution in [-0.2, 0) is 6.54 Å². The molecule has 17 heavy (non-hydrogen) atoms. The van der Waals surface area contributed by atoms with E-state index in [-0.39, 0.29) is 0 Å². The van der Waals surface area contributed by atoms with Crippen LogP contribution >= 0.6 is 0 Å². The molecule has 0 bridgehead atoms. The first-order valence-electron chi connectivity index (χ1n) is 6.85. The Morgan fingerprint density at radius 3 is 2.82 bits per heavy atom. The summed E-state index contributed by atoms with van der Waals surface area (Å²) in [5, 5.41) is 7.49. The van der Waals surface area contributed by atoms with E-state index in [4.69, 9.17) is 4.52 Å². The molecule has 1 saturated carbocycles. The average Bonchev–Trinajstić information content (AvgIpc) is 2.86. The number of aromatic nitrogens is 2. The van der Waals surface area contributed by atoms with Crippen LogP contribution in [0.3, 0.4) is 0 Å². The highest BCUT2D eigenvalue weighted by molar-refractivity contribution is 4.96. The quantitative estimate of drug-likeness (QED) is 0.855. The molecule has 0 aromatic carbocycles. The lowest BCUT2D eigenvalue weighted by Gasteiger charge is -2.17. The second-order valence-electron chi connectivity index (χ2n) is 5.07. The van der Waals surface area contributed by atoms with E-state index in [1.54, 1.807) is 0 Å². The van der Waals surface area contributed by atoms with Crippen molar-refractivity contribution in [1.82, 2.24) is 15.5 Å². The van der Waals surface area contributed by atoms with Gasteiger partial charge in [0.25, 0.3) is 0 Å². The predicted molar refractivity (Wildman–Crippen MR) is 66.7 cm³/mol. The fraction of sp³-hybridized carbons (Fsp3) is 0.846. The van der Waals surface area contributed by atoms with Crippen LogP contribution in [0.15, 0.2) is 4.52 Å². The topological polar surface area (TPSA) is 51.0 Å². The van der Waals surface area contributed by atoms with E-state index >= 15 is 0 Å². The zero-order chi connectivity index (χ0) is 12.1. The third-order valence-corrected chi connectivity index (χ3v) is 3.67. The third-order valence-electron chi connectivity index (χ3n) is 3.67. The van der Waals surface area contributed by atoms with E-state index in [1.165, 1.54) is 32.1 Å². The van der Waals surface area contributed by atoms with E-state index in [2.05, 4.69) is 29.3 Å². The first-order valence-corrected chi connectivity index (χ1v) is 6.85. The Bertz CT molecular complexity index is 331. The SMILES string of the molecule is CCC(C)NCc1nc(C2CCCCC2)no1. The Morgan fingerprint density at radius 1 is 1.35 bits per heavy atom. The van der Waals surface area contributed by atoms with E-state index in [9.17, 15) is 0 Å². The molecule has 4 heteroatoms. The monoisotopic (exact) mass is 237 g/mol. The predicted octanol–water partition coefficient (Wildman–Crippen LogP) is 3.01. The molecule has 1 aliphatic rings. The summed E-state index contributed by atoms with van der Waals surface area (Å²) in [5.41, 5.74) is 0. The fourth-order valence-electron chi connectivity index (χ4n) is 2.27. The summed E-state index contributed by atoms with van der Waals surface area (Å²) in [5.74, 6) is 2.18. The maximum atomic E-state index is 5.29. The normalized spacial score (nSPS) is 19.4. The Balaban J connectivity index is 1.86. The minimum atomic E-state index is 0.500. The lowest BCUT2D eigenvalue weighted by molar-refractivity contribution is 0.344. The third kappa shape index (κ3) is 3.53. The molecule has 1 aromatic rings. The summed E-state index contributed by atoms with van der Waals surface area (Å²) in [7, 11) is 0. The van der Waals surface area contributed by atoms with Crippen LogP contribution in [0.4, 0.5) is 0 Å². The summed E-state index contributed by atoms with van der Waals surface area (Å²) in [6.45, 7) is 5.02. The first kappa shape index (κ1) is 12.6. The summed E-state index contributed by atoms with van der Waals surface area (Å²) in [4.78, 5) is 4.50. The Morgan fingerprint density at radius 2 is 2.12 bits per heavy atom. The molecule has 4 nitrogen and oxygen atoms in total. The molecule has 1 heterocycles. The molecule has 96 valence electrons. The van der Waals surface area contributed by atoms with Crippen LogP contribution in [0.25, 0.3) is 0 Å². The van der Waals surface area contributed by atoms with Crippen LogP contribution in [0.1, 0.15) is 70.0 Å². The van der Waals surface area contributed by atoms with E-state index in [0.717, 1.165) is 18.1 Å². The number of hydrogen-bond donors (Lipinski definition) is 1. The summed E-state index contributed by atoms with van der Waals surface area (Å²) < 4.78 is 5.29. The molecule has 2 rings (SSSR count). The molecule has 0 spiro atoms. The highest BCUT2D eigenvalue weighted by atomic mass is 16.5. The summed E-state index contributed by atoms with van der Waals surface area (Å²) >= 11 is 0. The van der Waals surface area contributed by atoms with Gasteiger partial charge in [0.1, 0.15) is 0 Å². The van der Waals surface area contributed by atoms with Gasteiger partial charge < -0.3 is 9.84 Å². The van der Waals surface area contributed by atoms with Gasteiger partial charge in [-0.05, 0) is 26.2 Å². The summed E-state index contributed by atoms with van der Waals surface area (Å²) in [6, 6.07) is 0.500. The average molecular weight is 237 g/mol.